The molecule has 1 amide bonds. The molecule has 0 bridgehead atoms. The number of carbonyl (C=O) groups excluding carboxylic acids is 1. The molecule has 0 N–H and O–H groups in total. The highest BCUT2D eigenvalue weighted by Gasteiger charge is 2.27. The zero-order valence-electron chi connectivity index (χ0n) is 11.2. The summed E-state index contributed by atoms with van der Waals surface area (Å²) in [6.07, 6.45) is 3.13. The molecule has 2 rings (SSSR count). The quantitative estimate of drug-likeness (QED) is 0.767. The molecule has 0 saturated carbocycles. The summed E-state index contributed by atoms with van der Waals surface area (Å²) < 4.78 is 18.4. The van der Waals surface area contributed by atoms with Crippen LogP contribution in [0.5, 0.6) is 0 Å². The second-order valence-corrected chi connectivity index (χ2v) is 4.87. The van der Waals surface area contributed by atoms with Crippen LogP contribution in [0.1, 0.15) is 19.4 Å². The van der Waals surface area contributed by atoms with E-state index in [1.165, 1.54) is 18.2 Å². The molecule has 102 valence electrons. The van der Waals surface area contributed by atoms with Gasteiger partial charge in [-0.2, -0.15) is 0 Å². The molecule has 3 nitrogen and oxygen atoms in total. The summed E-state index contributed by atoms with van der Waals surface area (Å²) >= 11 is 0. The Balaban J connectivity index is 2.07. The molecule has 19 heavy (non-hydrogen) atoms. The van der Waals surface area contributed by atoms with E-state index >= 15 is 0 Å². The van der Waals surface area contributed by atoms with E-state index in [9.17, 15) is 9.18 Å². The molecule has 2 unspecified atom stereocenters. The third-order valence-electron chi connectivity index (χ3n) is 3.19. The molecule has 2 atom stereocenters. The van der Waals surface area contributed by atoms with Gasteiger partial charge < -0.3 is 9.64 Å². The van der Waals surface area contributed by atoms with Crippen molar-refractivity contribution in [3.05, 3.63) is 41.7 Å². The predicted molar refractivity (Wildman–Crippen MR) is 72.0 cm³/mol. The number of amides is 1. The normalized spacial score (nSPS) is 23.8. The van der Waals surface area contributed by atoms with E-state index in [1.807, 2.05) is 13.8 Å². The maximum absolute atomic E-state index is 13.0. The van der Waals surface area contributed by atoms with Crippen LogP contribution in [-0.2, 0) is 9.53 Å². The lowest BCUT2D eigenvalue weighted by Gasteiger charge is -2.38. The average Bonchev–Trinajstić information content (AvgIpc) is 2.36. The minimum atomic E-state index is -0.303. The molecular formula is C15H18FNO2. The van der Waals surface area contributed by atoms with E-state index < -0.39 is 0 Å². The highest BCUT2D eigenvalue weighted by molar-refractivity contribution is 5.92. The van der Waals surface area contributed by atoms with Crippen LogP contribution in [0.25, 0.3) is 6.08 Å². The van der Waals surface area contributed by atoms with Gasteiger partial charge in [-0.1, -0.05) is 12.1 Å². The van der Waals surface area contributed by atoms with Crippen molar-refractivity contribution >= 4 is 12.0 Å². The molecule has 1 aliphatic heterocycles. The minimum absolute atomic E-state index is 0.0624. The number of ether oxygens (including phenoxy) is 1. The van der Waals surface area contributed by atoms with Crippen LogP contribution in [0.3, 0.4) is 0 Å². The first-order valence-corrected chi connectivity index (χ1v) is 6.41. The van der Waals surface area contributed by atoms with Crippen LogP contribution < -0.4 is 0 Å². The monoisotopic (exact) mass is 263 g/mol. The zero-order valence-corrected chi connectivity index (χ0v) is 11.2. The minimum Gasteiger partial charge on any atom is -0.377 e. The van der Waals surface area contributed by atoms with Gasteiger partial charge in [-0.3, -0.25) is 4.79 Å². The maximum atomic E-state index is 13.0. The second-order valence-electron chi connectivity index (χ2n) is 4.87. The Morgan fingerprint density at radius 3 is 2.68 bits per heavy atom. The van der Waals surface area contributed by atoms with Gasteiger partial charge in [0.25, 0.3) is 0 Å². The van der Waals surface area contributed by atoms with Gasteiger partial charge in [0.05, 0.1) is 25.3 Å². The number of benzene rings is 1. The SMILES string of the molecule is CC1COCC(C)N1C(=O)/C=C/c1cccc(F)c1. The maximum Gasteiger partial charge on any atom is 0.247 e. The van der Waals surface area contributed by atoms with Crippen molar-refractivity contribution in [2.75, 3.05) is 13.2 Å². The Morgan fingerprint density at radius 2 is 2.05 bits per heavy atom. The Bertz CT molecular complexity index is 477. The number of hydrogen-bond donors (Lipinski definition) is 0. The highest BCUT2D eigenvalue weighted by atomic mass is 19.1. The molecule has 1 saturated heterocycles. The van der Waals surface area contributed by atoms with Gasteiger partial charge in [0, 0.05) is 6.08 Å². The Hall–Kier alpha value is -1.68. The van der Waals surface area contributed by atoms with Crippen LogP contribution in [0.4, 0.5) is 4.39 Å². The van der Waals surface area contributed by atoms with Gasteiger partial charge in [-0.05, 0) is 37.6 Å². The number of hydrogen-bond acceptors (Lipinski definition) is 2. The van der Waals surface area contributed by atoms with Crippen LogP contribution in [0, 0.1) is 5.82 Å². The van der Waals surface area contributed by atoms with Gasteiger partial charge in [0.15, 0.2) is 0 Å². The first-order valence-electron chi connectivity index (χ1n) is 6.41. The largest absolute Gasteiger partial charge is 0.377 e. The average molecular weight is 263 g/mol. The molecule has 1 heterocycles. The molecule has 1 aliphatic rings. The molecule has 1 aromatic rings. The van der Waals surface area contributed by atoms with E-state index in [4.69, 9.17) is 4.74 Å². The summed E-state index contributed by atoms with van der Waals surface area (Å²) in [5.41, 5.74) is 0.682. The molecular weight excluding hydrogens is 245 g/mol. The van der Waals surface area contributed by atoms with E-state index in [0.717, 1.165) is 0 Å². The van der Waals surface area contributed by atoms with Crippen molar-refractivity contribution in [2.24, 2.45) is 0 Å². The van der Waals surface area contributed by atoms with Gasteiger partial charge in [0.2, 0.25) is 5.91 Å². The predicted octanol–water partition coefficient (Wildman–Crippen LogP) is 2.47. The van der Waals surface area contributed by atoms with Crippen LogP contribution >= 0.6 is 0 Å². The lowest BCUT2D eigenvalue weighted by atomic mass is 10.1. The van der Waals surface area contributed by atoms with Crippen molar-refractivity contribution in [1.82, 2.24) is 4.90 Å². The van der Waals surface area contributed by atoms with Crippen molar-refractivity contribution < 1.29 is 13.9 Å². The number of nitrogens with zero attached hydrogens (tertiary/aromatic N) is 1. The standard InChI is InChI=1S/C15H18FNO2/c1-11-9-19-10-12(2)17(11)15(18)7-6-13-4-3-5-14(16)8-13/h3-8,11-12H,9-10H2,1-2H3/b7-6+. The van der Waals surface area contributed by atoms with E-state index in [2.05, 4.69) is 0 Å². The van der Waals surface area contributed by atoms with Gasteiger partial charge in [-0.25, -0.2) is 4.39 Å². The Kier molecular flexibility index (Phi) is 4.32. The van der Waals surface area contributed by atoms with Crippen molar-refractivity contribution in [2.45, 2.75) is 25.9 Å². The second kappa shape index (κ2) is 5.97. The van der Waals surface area contributed by atoms with Crippen molar-refractivity contribution in [1.29, 1.82) is 0 Å². The van der Waals surface area contributed by atoms with Gasteiger partial charge in [0.1, 0.15) is 5.82 Å². The lowest BCUT2D eigenvalue weighted by molar-refractivity contribution is -0.138. The number of halogens is 1. The molecule has 0 aromatic heterocycles. The van der Waals surface area contributed by atoms with Gasteiger partial charge in [-0.15, -0.1) is 0 Å². The fourth-order valence-electron chi connectivity index (χ4n) is 2.30. The first kappa shape index (κ1) is 13.7. The summed E-state index contributed by atoms with van der Waals surface area (Å²) in [4.78, 5) is 14.0. The van der Waals surface area contributed by atoms with E-state index in [1.54, 1.807) is 23.1 Å². The number of rotatable bonds is 2. The smallest absolute Gasteiger partial charge is 0.247 e. The van der Waals surface area contributed by atoms with Gasteiger partial charge >= 0.3 is 0 Å². The highest BCUT2D eigenvalue weighted by Crippen LogP contribution is 2.14. The van der Waals surface area contributed by atoms with Crippen molar-refractivity contribution in [3.63, 3.8) is 0 Å². The third kappa shape index (κ3) is 3.41. The van der Waals surface area contributed by atoms with Crippen LogP contribution in [0.2, 0.25) is 0 Å². The molecule has 0 aliphatic carbocycles. The number of carbonyl (C=O) groups is 1. The van der Waals surface area contributed by atoms with E-state index in [0.29, 0.717) is 18.8 Å². The fraction of sp³-hybridized carbons (Fsp3) is 0.400. The Labute approximate surface area is 112 Å². The zero-order chi connectivity index (χ0) is 13.8. The molecule has 0 spiro atoms. The topological polar surface area (TPSA) is 29.5 Å². The Morgan fingerprint density at radius 1 is 1.37 bits per heavy atom. The molecule has 1 fully saturated rings. The summed E-state index contributed by atoms with van der Waals surface area (Å²) in [6.45, 7) is 5.04. The molecule has 1 aromatic carbocycles. The number of morpholine rings is 1. The van der Waals surface area contributed by atoms with Crippen molar-refractivity contribution in [3.8, 4) is 0 Å². The summed E-state index contributed by atoms with van der Waals surface area (Å²) in [7, 11) is 0. The molecule has 0 radical (unpaired) electrons. The first-order chi connectivity index (χ1) is 9.08. The summed E-state index contributed by atoms with van der Waals surface area (Å²) in [5, 5.41) is 0. The lowest BCUT2D eigenvalue weighted by Crippen LogP contribution is -2.51. The van der Waals surface area contributed by atoms with Crippen LogP contribution in [-0.4, -0.2) is 36.1 Å². The summed E-state index contributed by atoms with van der Waals surface area (Å²) in [6, 6.07) is 6.29. The fourth-order valence-corrected chi connectivity index (χ4v) is 2.30. The third-order valence-corrected chi connectivity index (χ3v) is 3.19. The van der Waals surface area contributed by atoms with Crippen LogP contribution in [0.15, 0.2) is 30.3 Å². The summed E-state index contributed by atoms with van der Waals surface area (Å²) in [5.74, 6) is -0.365. The van der Waals surface area contributed by atoms with E-state index in [-0.39, 0.29) is 23.8 Å². The molecule has 4 heteroatoms.